The molecule has 0 atom stereocenters. The van der Waals surface area contributed by atoms with Crippen LogP contribution in [-0.2, 0) is 0 Å². The summed E-state index contributed by atoms with van der Waals surface area (Å²) in [6, 6.07) is 0. The lowest BCUT2D eigenvalue weighted by Crippen LogP contribution is -1.91. The third-order valence-electron chi connectivity index (χ3n) is 2.56. The van der Waals surface area contributed by atoms with Crippen LogP contribution in [0.1, 0.15) is 39.5 Å². The molecule has 1 heteroatoms. The maximum Gasteiger partial charge on any atom is 0.00425 e. The summed E-state index contributed by atoms with van der Waals surface area (Å²) in [5, 5.41) is 0. The molecule has 78 valence electrons. The van der Waals surface area contributed by atoms with Crippen molar-refractivity contribution in [3.63, 3.8) is 0 Å². The Kier molecular flexibility index (Phi) is 5.03. The summed E-state index contributed by atoms with van der Waals surface area (Å²) in [6.07, 6.45) is 11.4. The van der Waals surface area contributed by atoms with Gasteiger partial charge in [0, 0.05) is 5.54 Å². The van der Waals surface area contributed by atoms with E-state index in [-0.39, 0.29) is 0 Å². The van der Waals surface area contributed by atoms with Gasteiger partial charge in [0.1, 0.15) is 0 Å². The predicted molar refractivity (Wildman–Crippen MR) is 64.5 cm³/mol. The third-order valence-corrected chi connectivity index (χ3v) is 2.71. The molecule has 1 saturated carbocycles. The largest absolute Gasteiger partial charge is 0.0930 e. The molecular weight excluding hydrogens is 192 g/mol. The van der Waals surface area contributed by atoms with Gasteiger partial charge in [-0.1, -0.05) is 43.7 Å². The highest BCUT2D eigenvalue weighted by Gasteiger charge is 2.26. The van der Waals surface area contributed by atoms with Gasteiger partial charge in [-0.25, -0.2) is 0 Å². The van der Waals surface area contributed by atoms with E-state index in [0.29, 0.717) is 0 Å². The highest BCUT2D eigenvalue weighted by Crippen LogP contribution is 2.41. The second-order valence-corrected chi connectivity index (χ2v) is 3.96. The van der Waals surface area contributed by atoms with Gasteiger partial charge in [0.25, 0.3) is 0 Å². The fourth-order valence-corrected chi connectivity index (χ4v) is 1.82. The second kappa shape index (κ2) is 6.08. The van der Waals surface area contributed by atoms with Crippen LogP contribution in [0.4, 0.5) is 0 Å². The van der Waals surface area contributed by atoms with Crippen molar-refractivity contribution in [2.75, 3.05) is 0 Å². The molecule has 1 aliphatic carbocycles. The first-order valence-electron chi connectivity index (χ1n) is 5.49. The molecule has 0 spiro atoms. The van der Waals surface area contributed by atoms with Crippen LogP contribution in [0.25, 0.3) is 0 Å². The molecule has 0 amide bonds. The van der Waals surface area contributed by atoms with Crippen LogP contribution in [0.2, 0.25) is 0 Å². The molecular formula is C13H19Cl. The molecule has 1 aliphatic rings. The Labute approximate surface area is 92.3 Å². The Bertz CT molecular complexity index is 254. The first-order valence-corrected chi connectivity index (χ1v) is 5.93. The minimum atomic E-state index is 0.838. The molecule has 14 heavy (non-hydrogen) atoms. The van der Waals surface area contributed by atoms with Crippen LogP contribution in [0.3, 0.4) is 0 Å². The first-order chi connectivity index (χ1) is 6.83. The fourth-order valence-electron chi connectivity index (χ4n) is 1.74. The SMILES string of the molecule is CC\C=C(/C(=C/C=C\Cl)CC)C1CC1. The van der Waals surface area contributed by atoms with Crippen molar-refractivity contribution < 1.29 is 0 Å². The van der Waals surface area contributed by atoms with Gasteiger partial charge in [-0.05, 0) is 42.7 Å². The number of allylic oxidation sites excluding steroid dienone is 5. The summed E-state index contributed by atoms with van der Waals surface area (Å²) >= 11 is 5.53. The fraction of sp³-hybridized carbons (Fsp3) is 0.538. The Morgan fingerprint density at radius 3 is 2.50 bits per heavy atom. The Morgan fingerprint density at radius 2 is 2.07 bits per heavy atom. The van der Waals surface area contributed by atoms with Gasteiger partial charge in [-0.3, -0.25) is 0 Å². The van der Waals surface area contributed by atoms with Crippen LogP contribution >= 0.6 is 11.6 Å². The van der Waals surface area contributed by atoms with Crippen molar-refractivity contribution in [3.8, 4) is 0 Å². The molecule has 0 aromatic heterocycles. The van der Waals surface area contributed by atoms with Crippen molar-refractivity contribution in [3.05, 3.63) is 34.9 Å². The molecule has 0 N–H and O–H groups in total. The van der Waals surface area contributed by atoms with Gasteiger partial charge in [0.15, 0.2) is 0 Å². The number of hydrogen-bond donors (Lipinski definition) is 0. The summed E-state index contributed by atoms with van der Waals surface area (Å²) in [5.41, 5.74) is 4.59. The maximum absolute atomic E-state index is 5.53. The topological polar surface area (TPSA) is 0 Å². The Balaban J connectivity index is 2.77. The summed E-state index contributed by atoms with van der Waals surface area (Å²) in [5.74, 6) is 0.838. The van der Waals surface area contributed by atoms with Crippen LogP contribution in [0, 0.1) is 5.92 Å². The van der Waals surface area contributed by atoms with E-state index < -0.39 is 0 Å². The van der Waals surface area contributed by atoms with Crippen molar-refractivity contribution in [1.29, 1.82) is 0 Å². The monoisotopic (exact) mass is 210 g/mol. The Morgan fingerprint density at radius 1 is 1.36 bits per heavy atom. The highest BCUT2D eigenvalue weighted by atomic mass is 35.5. The van der Waals surface area contributed by atoms with E-state index in [9.17, 15) is 0 Å². The second-order valence-electron chi connectivity index (χ2n) is 3.71. The van der Waals surface area contributed by atoms with Crippen LogP contribution in [-0.4, -0.2) is 0 Å². The normalized spacial score (nSPS) is 19.4. The van der Waals surface area contributed by atoms with E-state index in [1.54, 1.807) is 11.1 Å². The smallest absolute Gasteiger partial charge is 0.00425 e. The lowest BCUT2D eigenvalue weighted by atomic mass is 9.98. The van der Waals surface area contributed by atoms with E-state index in [2.05, 4.69) is 26.0 Å². The minimum absolute atomic E-state index is 0.838. The zero-order valence-corrected chi connectivity index (χ0v) is 9.85. The summed E-state index contributed by atoms with van der Waals surface area (Å²) < 4.78 is 0. The molecule has 0 radical (unpaired) electrons. The highest BCUT2D eigenvalue weighted by molar-refractivity contribution is 6.25. The molecule has 0 bridgehead atoms. The van der Waals surface area contributed by atoms with Gasteiger partial charge >= 0.3 is 0 Å². The predicted octanol–water partition coefficient (Wildman–Crippen LogP) is 4.82. The molecule has 1 fully saturated rings. The molecule has 0 saturated heterocycles. The van der Waals surface area contributed by atoms with E-state index in [1.807, 2.05) is 6.08 Å². The average Bonchev–Trinajstić information content (AvgIpc) is 3.00. The summed E-state index contributed by atoms with van der Waals surface area (Å²) in [4.78, 5) is 0. The minimum Gasteiger partial charge on any atom is -0.0930 e. The van der Waals surface area contributed by atoms with Gasteiger partial charge in [-0.15, -0.1) is 0 Å². The molecule has 0 aliphatic heterocycles. The molecule has 1 rings (SSSR count). The van der Waals surface area contributed by atoms with Crippen molar-refractivity contribution in [2.24, 2.45) is 5.92 Å². The van der Waals surface area contributed by atoms with Crippen LogP contribution in [0.5, 0.6) is 0 Å². The third kappa shape index (κ3) is 3.34. The zero-order valence-electron chi connectivity index (χ0n) is 9.09. The van der Waals surface area contributed by atoms with Gasteiger partial charge in [0.05, 0.1) is 0 Å². The molecule has 0 unspecified atom stereocenters. The lowest BCUT2D eigenvalue weighted by Gasteiger charge is -2.08. The quantitative estimate of drug-likeness (QED) is 0.571. The average molecular weight is 211 g/mol. The molecule has 0 heterocycles. The van der Waals surface area contributed by atoms with Gasteiger partial charge in [0.2, 0.25) is 0 Å². The van der Waals surface area contributed by atoms with Gasteiger partial charge in [-0.2, -0.15) is 0 Å². The van der Waals surface area contributed by atoms with Crippen molar-refractivity contribution >= 4 is 11.6 Å². The number of rotatable bonds is 5. The van der Waals surface area contributed by atoms with E-state index in [0.717, 1.165) is 18.8 Å². The van der Waals surface area contributed by atoms with Crippen LogP contribution < -0.4 is 0 Å². The zero-order chi connectivity index (χ0) is 10.4. The lowest BCUT2D eigenvalue weighted by molar-refractivity contribution is 0.947. The van der Waals surface area contributed by atoms with Crippen LogP contribution in [0.15, 0.2) is 34.9 Å². The van der Waals surface area contributed by atoms with E-state index in [1.165, 1.54) is 18.4 Å². The van der Waals surface area contributed by atoms with E-state index >= 15 is 0 Å². The summed E-state index contributed by atoms with van der Waals surface area (Å²) in [7, 11) is 0. The standard InChI is InChI=1S/C13H19Cl/c1-3-6-13(12-8-9-12)11(4-2)7-5-10-14/h5-7,10,12H,3-4,8-9H2,1-2H3/b10-5-,11-7+,13-6+. The molecule has 0 aromatic carbocycles. The number of halogens is 1. The summed E-state index contributed by atoms with van der Waals surface area (Å²) in [6.45, 7) is 4.41. The maximum atomic E-state index is 5.53. The van der Waals surface area contributed by atoms with E-state index in [4.69, 9.17) is 11.6 Å². The number of hydrogen-bond acceptors (Lipinski definition) is 0. The molecule has 0 nitrogen and oxygen atoms in total. The van der Waals surface area contributed by atoms with Crippen molar-refractivity contribution in [1.82, 2.24) is 0 Å². The van der Waals surface area contributed by atoms with Gasteiger partial charge < -0.3 is 0 Å². The first kappa shape index (κ1) is 11.6. The molecule has 0 aromatic rings. The Hall–Kier alpha value is -0.490. The van der Waals surface area contributed by atoms with Crippen molar-refractivity contribution in [2.45, 2.75) is 39.5 Å².